The van der Waals surface area contributed by atoms with Gasteiger partial charge >= 0.3 is 0 Å². The summed E-state index contributed by atoms with van der Waals surface area (Å²) < 4.78 is 6.10. The van der Waals surface area contributed by atoms with E-state index in [0.29, 0.717) is 18.7 Å². The fourth-order valence-electron chi connectivity index (χ4n) is 2.40. The lowest BCUT2D eigenvalue weighted by Crippen LogP contribution is -2.26. The fourth-order valence-corrected chi connectivity index (χ4v) is 2.78. The maximum atomic E-state index is 12.2. The van der Waals surface area contributed by atoms with E-state index in [1.807, 2.05) is 25.1 Å². The van der Waals surface area contributed by atoms with Crippen molar-refractivity contribution < 1.29 is 14.0 Å². The standard InChI is InChI=1S/C17H17BrN2O3/c1-10-4-5-11(7-15(10)18)20-17(22)14-8-13(14)16(21)19-9-12-3-2-6-23-12/h2-7,13-14H,8-9H2,1H3,(H,19,21)(H,20,22). The first-order valence-corrected chi connectivity index (χ1v) is 8.21. The average molecular weight is 377 g/mol. The number of anilines is 1. The number of furan rings is 1. The summed E-state index contributed by atoms with van der Waals surface area (Å²) in [5.74, 6) is -0.0272. The summed E-state index contributed by atoms with van der Waals surface area (Å²) in [6, 6.07) is 9.22. The van der Waals surface area contributed by atoms with Gasteiger partial charge in [-0.1, -0.05) is 22.0 Å². The summed E-state index contributed by atoms with van der Waals surface area (Å²) in [5, 5.41) is 5.65. The predicted molar refractivity (Wildman–Crippen MR) is 89.7 cm³/mol. The van der Waals surface area contributed by atoms with Gasteiger partial charge in [0.15, 0.2) is 0 Å². The number of carbonyl (C=O) groups is 2. The van der Waals surface area contributed by atoms with E-state index in [1.165, 1.54) is 0 Å². The Balaban J connectivity index is 1.50. The lowest BCUT2D eigenvalue weighted by atomic mass is 10.2. The van der Waals surface area contributed by atoms with Gasteiger partial charge in [-0.05, 0) is 43.2 Å². The number of halogens is 1. The SMILES string of the molecule is Cc1ccc(NC(=O)C2CC2C(=O)NCc2ccco2)cc1Br. The third kappa shape index (κ3) is 3.82. The first-order chi connectivity index (χ1) is 11.0. The number of hydrogen-bond acceptors (Lipinski definition) is 3. The third-order valence-electron chi connectivity index (χ3n) is 3.92. The Morgan fingerprint density at radius 2 is 2.04 bits per heavy atom. The average Bonchev–Trinajstić information content (AvgIpc) is 3.17. The zero-order valence-electron chi connectivity index (χ0n) is 12.6. The van der Waals surface area contributed by atoms with E-state index >= 15 is 0 Å². The van der Waals surface area contributed by atoms with Gasteiger partial charge < -0.3 is 15.1 Å². The van der Waals surface area contributed by atoms with Gasteiger partial charge in [-0.3, -0.25) is 9.59 Å². The molecular weight excluding hydrogens is 360 g/mol. The molecule has 1 heterocycles. The Hall–Kier alpha value is -2.08. The van der Waals surface area contributed by atoms with E-state index in [2.05, 4.69) is 26.6 Å². The van der Waals surface area contributed by atoms with Crippen molar-refractivity contribution in [2.24, 2.45) is 11.8 Å². The Kier molecular flexibility index (Phi) is 4.52. The summed E-state index contributed by atoms with van der Waals surface area (Å²) in [6.07, 6.45) is 2.15. The highest BCUT2D eigenvalue weighted by atomic mass is 79.9. The number of benzene rings is 1. The van der Waals surface area contributed by atoms with Gasteiger partial charge in [0.1, 0.15) is 5.76 Å². The molecule has 2 N–H and O–H groups in total. The van der Waals surface area contributed by atoms with Crippen molar-refractivity contribution in [3.63, 3.8) is 0 Å². The van der Waals surface area contributed by atoms with E-state index in [-0.39, 0.29) is 23.7 Å². The second-order valence-electron chi connectivity index (χ2n) is 5.70. The molecule has 23 heavy (non-hydrogen) atoms. The maximum absolute atomic E-state index is 12.2. The molecule has 1 aromatic heterocycles. The molecule has 0 bridgehead atoms. The number of nitrogens with one attached hydrogen (secondary N) is 2. The predicted octanol–water partition coefficient (Wildman–Crippen LogP) is 3.24. The summed E-state index contributed by atoms with van der Waals surface area (Å²) in [5.41, 5.74) is 1.83. The smallest absolute Gasteiger partial charge is 0.228 e. The van der Waals surface area contributed by atoms with Crippen LogP contribution in [0.3, 0.4) is 0 Å². The van der Waals surface area contributed by atoms with Gasteiger partial charge in [-0.25, -0.2) is 0 Å². The zero-order valence-corrected chi connectivity index (χ0v) is 14.2. The largest absolute Gasteiger partial charge is 0.467 e. The minimum absolute atomic E-state index is 0.105. The molecule has 3 rings (SSSR count). The number of carbonyl (C=O) groups excluding carboxylic acids is 2. The third-order valence-corrected chi connectivity index (χ3v) is 4.77. The molecule has 0 saturated heterocycles. The van der Waals surface area contributed by atoms with Gasteiger partial charge in [-0.15, -0.1) is 0 Å². The monoisotopic (exact) mass is 376 g/mol. The van der Waals surface area contributed by atoms with Crippen molar-refractivity contribution in [2.45, 2.75) is 19.9 Å². The number of aryl methyl sites for hydroxylation is 1. The number of hydrogen-bond donors (Lipinski definition) is 2. The first-order valence-electron chi connectivity index (χ1n) is 7.41. The molecule has 1 aliphatic carbocycles. The lowest BCUT2D eigenvalue weighted by molar-refractivity contribution is -0.125. The quantitative estimate of drug-likeness (QED) is 0.841. The van der Waals surface area contributed by atoms with Crippen molar-refractivity contribution in [3.8, 4) is 0 Å². The molecule has 2 unspecified atom stereocenters. The molecule has 1 saturated carbocycles. The van der Waals surface area contributed by atoms with Crippen LogP contribution in [0, 0.1) is 18.8 Å². The molecule has 2 amide bonds. The van der Waals surface area contributed by atoms with Crippen LogP contribution in [0.1, 0.15) is 17.7 Å². The second-order valence-corrected chi connectivity index (χ2v) is 6.55. The number of amides is 2. The van der Waals surface area contributed by atoms with Gasteiger partial charge in [0.2, 0.25) is 11.8 Å². The first kappa shape index (κ1) is 15.8. The van der Waals surface area contributed by atoms with E-state index < -0.39 is 0 Å². The van der Waals surface area contributed by atoms with Crippen LogP contribution in [0.25, 0.3) is 0 Å². The van der Waals surface area contributed by atoms with Crippen LogP contribution in [0.2, 0.25) is 0 Å². The molecule has 1 fully saturated rings. The van der Waals surface area contributed by atoms with E-state index in [1.54, 1.807) is 18.4 Å². The Labute approximate surface area is 142 Å². The number of rotatable bonds is 5. The van der Waals surface area contributed by atoms with E-state index in [0.717, 1.165) is 15.7 Å². The summed E-state index contributed by atoms with van der Waals surface area (Å²) >= 11 is 3.44. The molecule has 120 valence electrons. The van der Waals surface area contributed by atoms with Crippen LogP contribution in [-0.4, -0.2) is 11.8 Å². The van der Waals surface area contributed by atoms with E-state index in [9.17, 15) is 9.59 Å². The van der Waals surface area contributed by atoms with Crippen LogP contribution in [-0.2, 0) is 16.1 Å². The van der Waals surface area contributed by atoms with Crippen LogP contribution in [0.5, 0.6) is 0 Å². The van der Waals surface area contributed by atoms with Gasteiger partial charge in [0.05, 0.1) is 24.6 Å². The molecule has 1 aromatic carbocycles. The van der Waals surface area contributed by atoms with Crippen LogP contribution < -0.4 is 10.6 Å². The van der Waals surface area contributed by atoms with Crippen molar-refractivity contribution in [2.75, 3.05) is 5.32 Å². The highest BCUT2D eigenvalue weighted by molar-refractivity contribution is 9.10. The minimum Gasteiger partial charge on any atom is -0.467 e. The zero-order chi connectivity index (χ0) is 16.4. The van der Waals surface area contributed by atoms with Crippen LogP contribution >= 0.6 is 15.9 Å². The van der Waals surface area contributed by atoms with Crippen molar-refractivity contribution >= 4 is 33.4 Å². The highest BCUT2D eigenvalue weighted by Crippen LogP contribution is 2.39. The summed E-state index contributed by atoms with van der Waals surface area (Å²) in [7, 11) is 0. The molecular formula is C17H17BrN2O3. The van der Waals surface area contributed by atoms with Crippen LogP contribution in [0.15, 0.2) is 45.5 Å². The molecule has 0 radical (unpaired) electrons. The normalized spacial score (nSPS) is 19.2. The molecule has 0 aliphatic heterocycles. The topological polar surface area (TPSA) is 71.3 Å². The van der Waals surface area contributed by atoms with Gasteiger partial charge in [-0.2, -0.15) is 0 Å². The van der Waals surface area contributed by atoms with Crippen LogP contribution in [0.4, 0.5) is 5.69 Å². The maximum Gasteiger partial charge on any atom is 0.228 e. The fraction of sp³-hybridized carbons (Fsp3) is 0.294. The second kappa shape index (κ2) is 6.58. The molecule has 2 aromatic rings. The Bertz CT molecular complexity index is 727. The lowest BCUT2D eigenvalue weighted by Gasteiger charge is -2.07. The molecule has 5 nitrogen and oxygen atoms in total. The molecule has 2 atom stereocenters. The summed E-state index contributed by atoms with van der Waals surface area (Å²) in [6.45, 7) is 2.33. The minimum atomic E-state index is -0.258. The van der Waals surface area contributed by atoms with Crippen molar-refractivity contribution in [1.82, 2.24) is 5.32 Å². The van der Waals surface area contributed by atoms with Crippen molar-refractivity contribution in [3.05, 3.63) is 52.4 Å². The van der Waals surface area contributed by atoms with E-state index in [4.69, 9.17) is 4.42 Å². The van der Waals surface area contributed by atoms with Crippen molar-refractivity contribution in [1.29, 1.82) is 0 Å². The molecule has 0 spiro atoms. The summed E-state index contributed by atoms with van der Waals surface area (Å²) in [4.78, 5) is 24.2. The van der Waals surface area contributed by atoms with Gasteiger partial charge in [0.25, 0.3) is 0 Å². The Morgan fingerprint density at radius 3 is 2.74 bits per heavy atom. The molecule has 6 heteroatoms. The molecule has 1 aliphatic rings. The Morgan fingerprint density at radius 1 is 1.26 bits per heavy atom. The van der Waals surface area contributed by atoms with Gasteiger partial charge in [0, 0.05) is 10.2 Å². The highest BCUT2D eigenvalue weighted by Gasteiger charge is 2.47.